The molecule has 3 N–H and O–H groups in total. The van der Waals surface area contributed by atoms with E-state index in [1.54, 1.807) is 30.9 Å². The number of esters is 1. The normalized spacial score (nSPS) is 18.6. The predicted molar refractivity (Wildman–Crippen MR) is 151 cm³/mol. The van der Waals surface area contributed by atoms with Crippen LogP contribution in [0.25, 0.3) is 10.8 Å². The summed E-state index contributed by atoms with van der Waals surface area (Å²) in [5.41, 5.74) is 6.95. The van der Waals surface area contributed by atoms with E-state index in [1.165, 1.54) is 0 Å². The molecule has 11 heteroatoms. The van der Waals surface area contributed by atoms with Crippen molar-refractivity contribution >= 4 is 40.4 Å². The number of hydrogen-bond acceptors (Lipinski definition) is 8. The fraction of sp³-hybridized carbons (Fsp3) is 0.500. The highest BCUT2D eigenvalue weighted by atomic mass is 16.5. The van der Waals surface area contributed by atoms with Gasteiger partial charge in [0, 0.05) is 32.1 Å². The van der Waals surface area contributed by atoms with Gasteiger partial charge in [-0.1, -0.05) is 44.5 Å². The number of benzene rings is 2. The van der Waals surface area contributed by atoms with Gasteiger partial charge >= 0.3 is 11.9 Å². The van der Waals surface area contributed by atoms with Gasteiger partial charge in [-0.2, -0.15) is 0 Å². The molecule has 2 heterocycles. The van der Waals surface area contributed by atoms with E-state index >= 15 is 0 Å². The van der Waals surface area contributed by atoms with Crippen LogP contribution in [0.4, 0.5) is 0 Å². The number of nitrogens with zero attached hydrogens (tertiary/aromatic N) is 3. The number of hydrogen-bond donors (Lipinski definition) is 2. The molecule has 220 valence electrons. The van der Waals surface area contributed by atoms with Crippen LogP contribution in [-0.4, -0.2) is 95.0 Å². The zero-order chi connectivity index (χ0) is 29.8. The highest BCUT2D eigenvalue weighted by molar-refractivity contribution is 6.23. The van der Waals surface area contributed by atoms with Gasteiger partial charge in [0.1, 0.15) is 0 Å². The Bertz CT molecular complexity index is 1280. The monoisotopic (exact) mass is 566 g/mol. The van der Waals surface area contributed by atoms with Gasteiger partial charge in [0.05, 0.1) is 42.3 Å². The van der Waals surface area contributed by atoms with Gasteiger partial charge in [-0.15, -0.1) is 0 Å². The number of carbonyl (C=O) groups is 5. The second-order valence-corrected chi connectivity index (χ2v) is 10.7. The second kappa shape index (κ2) is 12.8. The maximum atomic E-state index is 13.7. The molecule has 4 rings (SSSR count). The van der Waals surface area contributed by atoms with Crippen molar-refractivity contribution in [2.75, 3.05) is 39.3 Å². The van der Waals surface area contributed by atoms with Gasteiger partial charge in [-0.3, -0.25) is 33.8 Å². The van der Waals surface area contributed by atoms with E-state index in [1.807, 2.05) is 36.1 Å². The van der Waals surface area contributed by atoms with Crippen LogP contribution in [0.3, 0.4) is 0 Å². The predicted octanol–water partition coefficient (Wildman–Crippen LogP) is 2.18. The number of carbonyl (C=O) groups excluding carboxylic acids is 4. The molecule has 11 nitrogen and oxygen atoms in total. The van der Waals surface area contributed by atoms with Crippen LogP contribution >= 0.6 is 0 Å². The lowest BCUT2D eigenvalue weighted by Crippen LogP contribution is -2.56. The summed E-state index contributed by atoms with van der Waals surface area (Å²) in [4.78, 5) is 69.4. The summed E-state index contributed by atoms with van der Waals surface area (Å²) in [6.45, 7) is 7.22. The molecule has 2 aliphatic heterocycles. The van der Waals surface area contributed by atoms with Crippen LogP contribution in [0.5, 0.6) is 0 Å². The van der Waals surface area contributed by atoms with Crippen LogP contribution in [0.1, 0.15) is 54.3 Å². The van der Waals surface area contributed by atoms with Crippen molar-refractivity contribution < 1.29 is 33.8 Å². The number of amides is 3. The Hall–Kier alpha value is -3.83. The third-order valence-corrected chi connectivity index (χ3v) is 8.17. The number of nitrogens with two attached hydrogens (primary N) is 1. The molecule has 2 aromatic carbocycles. The van der Waals surface area contributed by atoms with Gasteiger partial charge in [-0.25, -0.2) is 0 Å². The highest BCUT2D eigenvalue weighted by Gasteiger charge is 2.47. The van der Waals surface area contributed by atoms with E-state index in [4.69, 9.17) is 10.5 Å². The summed E-state index contributed by atoms with van der Waals surface area (Å²) >= 11 is 0. The van der Waals surface area contributed by atoms with Gasteiger partial charge in [0.2, 0.25) is 5.91 Å². The first kappa shape index (κ1) is 30.1. The zero-order valence-electron chi connectivity index (χ0n) is 23.7. The molecular weight excluding hydrogens is 528 g/mol. The number of aliphatic carboxylic acids is 1. The van der Waals surface area contributed by atoms with E-state index in [0.29, 0.717) is 45.6 Å². The number of carboxylic acids is 1. The summed E-state index contributed by atoms with van der Waals surface area (Å²) in [6, 6.07) is 10.7. The molecule has 0 aromatic heterocycles. The van der Waals surface area contributed by atoms with Crippen LogP contribution in [0.15, 0.2) is 36.4 Å². The van der Waals surface area contributed by atoms with Crippen molar-refractivity contribution in [3.63, 3.8) is 0 Å². The molecule has 2 aliphatic rings. The minimum absolute atomic E-state index is 0.133. The Morgan fingerprint density at radius 3 is 2.02 bits per heavy atom. The number of fused-ring (bicyclic) bond motifs is 2. The zero-order valence-corrected chi connectivity index (χ0v) is 23.7. The maximum absolute atomic E-state index is 13.7. The van der Waals surface area contributed by atoms with Gasteiger partial charge in [0.15, 0.2) is 0 Å². The highest BCUT2D eigenvalue weighted by Crippen LogP contribution is 2.34. The Balaban J connectivity index is 1.52. The Morgan fingerprint density at radius 1 is 0.976 bits per heavy atom. The average Bonchev–Trinajstić information content (AvgIpc) is 3.19. The standard InChI is InChI=1S/C30H38N4O7/c1-4-8-21(27(36)33-13-11-32(12-14-33)17-24(35)41-5-2)25(30(39)40)18(3)26(31)34-28(37)22-15-19-9-6-7-10-20(19)16-23(22)29(34)38/h6-7,9-10,15-16,18,21,25-26H,4-5,8,11-14,17,31H2,1-3H3,(H,39,40)/t18?,21-,25+,26?/m0/s1. The van der Waals surface area contributed by atoms with Crippen molar-refractivity contribution in [2.45, 2.75) is 39.8 Å². The third kappa shape index (κ3) is 6.11. The summed E-state index contributed by atoms with van der Waals surface area (Å²) < 4.78 is 5.00. The Kier molecular flexibility index (Phi) is 9.39. The summed E-state index contributed by atoms with van der Waals surface area (Å²) in [7, 11) is 0. The summed E-state index contributed by atoms with van der Waals surface area (Å²) in [5.74, 6) is -6.01. The molecule has 1 fully saturated rings. The van der Waals surface area contributed by atoms with Crippen LogP contribution in [0, 0.1) is 17.8 Å². The molecule has 1 saturated heterocycles. The first-order valence-electron chi connectivity index (χ1n) is 14.1. The van der Waals surface area contributed by atoms with Gasteiger partial charge in [-0.05, 0) is 36.2 Å². The molecule has 0 saturated carbocycles. The van der Waals surface area contributed by atoms with Crippen molar-refractivity contribution in [3.05, 3.63) is 47.5 Å². The number of imide groups is 1. The number of piperazine rings is 1. The first-order chi connectivity index (χ1) is 19.6. The van der Waals surface area contributed by atoms with E-state index in [2.05, 4.69) is 0 Å². The molecule has 41 heavy (non-hydrogen) atoms. The SMILES string of the molecule is CCC[C@H](C(=O)N1CCN(CC(=O)OCC)CC1)[C@H](C(=O)O)C(C)C(N)N1C(=O)c2cc3ccccc3cc2C1=O. The van der Waals surface area contributed by atoms with Crippen molar-refractivity contribution in [3.8, 4) is 0 Å². The number of ether oxygens (including phenoxy) is 1. The molecule has 0 bridgehead atoms. The van der Waals surface area contributed by atoms with E-state index < -0.39 is 41.7 Å². The molecular formula is C30H38N4O7. The third-order valence-electron chi connectivity index (χ3n) is 8.17. The molecule has 0 aliphatic carbocycles. The van der Waals surface area contributed by atoms with Gasteiger partial charge < -0.3 is 20.5 Å². The molecule has 2 unspecified atom stereocenters. The van der Waals surface area contributed by atoms with E-state index in [9.17, 15) is 29.1 Å². The minimum Gasteiger partial charge on any atom is -0.481 e. The van der Waals surface area contributed by atoms with Crippen LogP contribution < -0.4 is 5.73 Å². The van der Waals surface area contributed by atoms with E-state index in [-0.39, 0.29) is 29.5 Å². The molecule has 0 spiro atoms. The largest absolute Gasteiger partial charge is 0.481 e. The lowest BCUT2D eigenvalue weighted by atomic mass is 9.77. The van der Waals surface area contributed by atoms with Crippen LogP contribution in [0.2, 0.25) is 0 Å². The van der Waals surface area contributed by atoms with Crippen molar-refractivity contribution in [1.82, 2.24) is 14.7 Å². The van der Waals surface area contributed by atoms with Crippen molar-refractivity contribution in [2.24, 2.45) is 23.5 Å². The number of carboxylic acid groups (broad SMARTS) is 1. The summed E-state index contributed by atoms with van der Waals surface area (Å²) in [6.07, 6.45) is -0.381. The Morgan fingerprint density at radius 2 is 1.54 bits per heavy atom. The molecule has 0 radical (unpaired) electrons. The lowest BCUT2D eigenvalue weighted by molar-refractivity contribution is -0.155. The lowest BCUT2D eigenvalue weighted by Gasteiger charge is -2.39. The second-order valence-electron chi connectivity index (χ2n) is 10.7. The number of rotatable bonds is 11. The fourth-order valence-electron chi connectivity index (χ4n) is 5.95. The smallest absolute Gasteiger partial charge is 0.320 e. The minimum atomic E-state index is -1.25. The first-order valence-corrected chi connectivity index (χ1v) is 14.1. The van der Waals surface area contributed by atoms with Crippen LogP contribution in [-0.2, 0) is 19.1 Å². The summed E-state index contributed by atoms with van der Waals surface area (Å²) in [5, 5.41) is 11.9. The fourth-order valence-corrected chi connectivity index (χ4v) is 5.95. The van der Waals surface area contributed by atoms with Gasteiger partial charge in [0.25, 0.3) is 11.8 Å². The quantitative estimate of drug-likeness (QED) is 0.308. The average molecular weight is 567 g/mol. The molecule has 3 amide bonds. The maximum Gasteiger partial charge on any atom is 0.320 e. The van der Waals surface area contributed by atoms with Crippen molar-refractivity contribution in [1.29, 1.82) is 0 Å². The topological polar surface area (TPSA) is 151 Å². The Labute approximate surface area is 239 Å². The van der Waals surface area contributed by atoms with E-state index in [0.717, 1.165) is 15.7 Å². The molecule has 4 atom stereocenters. The molecule has 2 aromatic rings.